The Morgan fingerprint density at radius 2 is 2.29 bits per heavy atom. The normalized spacial score (nSPS) is 20.0. The molecule has 1 aromatic rings. The molecule has 1 unspecified atom stereocenters. The van der Waals surface area contributed by atoms with Crippen molar-refractivity contribution in [3.63, 3.8) is 0 Å². The first kappa shape index (κ1) is 11.1. The van der Waals surface area contributed by atoms with Crippen LogP contribution in [0.5, 0.6) is 0 Å². The van der Waals surface area contributed by atoms with E-state index < -0.39 is 5.97 Å². The van der Waals surface area contributed by atoms with Gasteiger partial charge in [0.25, 0.3) is 0 Å². The minimum Gasteiger partial charge on any atom is -0.481 e. The predicted octanol–water partition coefficient (Wildman–Crippen LogP) is 3.30. The van der Waals surface area contributed by atoms with Gasteiger partial charge >= 0.3 is 5.97 Å². The van der Waals surface area contributed by atoms with E-state index in [1.165, 1.54) is 34.6 Å². The predicted molar refractivity (Wildman–Crippen MR) is 68.6 cm³/mol. The number of fused-ring (bicyclic) bond motifs is 1. The number of hydrogen-bond acceptors (Lipinski definition) is 2. The van der Waals surface area contributed by atoms with Crippen LogP contribution in [0.25, 0.3) is 0 Å². The molecular formula is C14H16O2S. The molecule has 2 nitrogen and oxygen atoms in total. The van der Waals surface area contributed by atoms with E-state index in [9.17, 15) is 4.79 Å². The number of aliphatic carboxylic acids is 1. The van der Waals surface area contributed by atoms with Crippen LogP contribution in [0.1, 0.15) is 36.3 Å². The molecule has 1 aromatic carbocycles. The molecule has 17 heavy (non-hydrogen) atoms. The van der Waals surface area contributed by atoms with Crippen LogP contribution < -0.4 is 0 Å². The minimum absolute atomic E-state index is 0.235. The molecule has 0 radical (unpaired) electrons. The molecule has 1 fully saturated rings. The van der Waals surface area contributed by atoms with Crippen molar-refractivity contribution < 1.29 is 9.90 Å². The van der Waals surface area contributed by atoms with Gasteiger partial charge in [-0.3, -0.25) is 4.79 Å². The first-order valence-corrected chi connectivity index (χ1v) is 7.20. The zero-order valence-corrected chi connectivity index (χ0v) is 10.5. The van der Waals surface area contributed by atoms with Gasteiger partial charge < -0.3 is 5.11 Å². The average Bonchev–Trinajstić information content (AvgIpc) is 3.03. The third kappa shape index (κ3) is 2.34. The van der Waals surface area contributed by atoms with E-state index in [1.54, 1.807) is 0 Å². The fraction of sp³-hybridized carbons (Fsp3) is 0.500. The van der Waals surface area contributed by atoms with Gasteiger partial charge in [0.1, 0.15) is 0 Å². The number of thioether (sulfide) groups is 1. The summed E-state index contributed by atoms with van der Waals surface area (Å²) >= 11 is 1.90. The van der Waals surface area contributed by atoms with Gasteiger partial charge in [-0.15, -0.1) is 11.8 Å². The summed E-state index contributed by atoms with van der Waals surface area (Å²) in [7, 11) is 0. The summed E-state index contributed by atoms with van der Waals surface area (Å²) < 4.78 is 0. The number of carboxylic acid groups (broad SMARTS) is 1. The molecule has 1 aliphatic carbocycles. The lowest BCUT2D eigenvalue weighted by atomic mass is 9.90. The molecule has 1 atom stereocenters. The Balaban J connectivity index is 1.87. The maximum Gasteiger partial charge on any atom is 0.303 e. The zero-order valence-electron chi connectivity index (χ0n) is 9.69. The molecule has 0 aromatic heterocycles. The highest BCUT2D eigenvalue weighted by Gasteiger charge is 2.34. The van der Waals surface area contributed by atoms with Crippen molar-refractivity contribution >= 4 is 17.7 Å². The topological polar surface area (TPSA) is 37.3 Å². The summed E-state index contributed by atoms with van der Waals surface area (Å²) in [6, 6.07) is 6.58. The lowest BCUT2D eigenvalue weighted by Crippen LogP contribution is -2.08. The maximum absolute atomic E-state index is 10.9. The second-order valence-corrected chi connectivity index (χ2v) is 6.14. The fourth-order valence-electron chi connectivity index (χ4n) is 2.66. The van der Waals surface area contributed by atoms with E-state index in [-0.39, 0.29) is 12.3 Å². The van der Waals surface area contributed by atoms with Gasteiger partial charge in [0.05, 0.1) is 6.42 Å². The molecule has 1 saturated carbocycles. The number of carboxylic acids is 1. The standard InChI is InChI=1S/C14H16O2S/c15-14(16)8-12(9-1-2-9)11-4-3-10-5-6-17-13(10)7-11/h3-4,7,9,12H,1-2,5-6,8H2,(H,15,16). The van der Waals surface area contributed by atoms with Crippen LogP contribution in [-0.4, -0.2) is 16.8 Å². The number of aryl methyl sites for hydroxylation is 1. The largest absolute Gasteiger partial charge is 0.481 e. The molecular weight excluding hydrogens is 232 g/mol. The molecule has 90 valence electrons. The first-order chi connectivity index (χ1) is 8.24. The van der Waals surface area contributed by atoms with Crippen molar-refractivity contribution in [1.29, 1.82) is 0 Å². The Bertz CT molecular complexity index is 452. The molecule has 1 N–H and O–H groups in total. The molecule has 2 aliphatic rings. The van der Waals surface area contributed by atoms with E-state index in [1.807, 2.05) is 11.8 Å². The third-order valence-corrected chi connectivity index (χ3v) is 4.83. The van der Waals surface area contributed by atoms with Gasteiger partial charge in [0.2, 0.25) is 0 Å². The van der Waals surface area contributed by atoms with E-state index in [0.29, 0.717) is 5.92 Å². The monoisotopic (exact) mass is 248 g/mol. The summed E-state index contributed by atoms with van der Waals surface area (Å²) in [5.41, 5.74) is 2.67. The Morgan fingerprint density at radius 1 is 1.47 bits per heavy atom. The van der Waals surface area contributed by atoms with Crippen LogP contribution in [0.4, 0.5) is 0 Å². The van der Waals surface area contributed by atoms with Crippen molar-refractivity contribution in [2.24, 2.45) is 5.92 Å². The van der Waals surface area contributed by atoms with Gasteiger partial charge in [-0.1, -0.05) is 12.1 Å². The van der Waals surface area contributed by atoms with Gasteiger partial charge in [-0.2, -0.15) is 0 Å². The first-order valence-electron chi connectivity index (χ1n) is 6.21. The molecule has 0 spiro atoms. The van der Waals surface area contributed by atoms with E-state index in [0.717, 1.165) is 6.42 Å². The highest BCUT2D eigenvalue weighted by Crippen LogP contribution is 2.45. The summed E-state index contributed by atoms with van der Waals surface area (Å²) in [6.07, 6.45) is 3.84. The summed E-state index contributed by atoms with van der Waals surface area (Å²) in [6.45, 7) is 0. The highest BCUT2D eigenvalue weighted by atomic mass is 32.2. The molecule has 1 aliphatic heterocycles. The van der Waals surface area contributed by atoms with Gasteiger partial charge in [0, 0.05) is 10.6 Å². The molecule has 0 bridgehead atoms. The minimum atomic E-state index is -0.671. The quantitative estimate of drug-likeness (QED) is 0.888. The van der Waals surface area contributed by atoms with E-state index in [2.05, 4.69) is 18.2 Å². The lowest BCUT2D eigenvalue weighted by Gasteiger charge is -2.15. The maximum atomic E-state index is 10.9. The number of carbonyl (C=O) groups is 1. The molecule has 0 amide bonds. The lowest BCUT2D eigenvalue weighted by molar-refractivity contribution is -0.137. The van der Waals surface area contributed by atoms with Crippen molar-refractivity contribution in [2.45, 2.75) is 36.5 Å². The molecule has 3 heteroatoms. The third-order valence-electron chi connectivity index (χ3n) is 3.73. The van der Waals surface area contributed by atoms with Gasteiger partial charge in [0.15, 0.2) is 0 Å². The fourth-order valence-corrected chi connectivity index (χ4v) is 3.77. The van der Waals surface area contributed by atoms with Crippen LogP contribution in [0.3, 0.4) is 0 Å². The summed E-state index contributed by atoms with van der Waals surface area (Å²) in [4.78, 5) is 12.3. The van der Waals surface area contributed by atoms with Crippen molar-refractivity contribution in [3.8, 4) is 0 Å². The SMILES string of the molecule is O=C(O)CC(c1ccc2c(c1)SCC2)C1CC1. The smallest absolute Gasteiger partial charge is 0.303 e. The van der Waals surface area contributed by atoms with Crippen LogP contribution in [0.15, 0.2) is 23.1 Å². The number of rotatable bonds is 4. The molecule has 0 saturated heterocycles. The Labute approximate surface area is 105 Å². The number of benzene rings is 1. The number of hydrogen-bond donors (Lipinski definition) is 1. The van der Waals surface area contributed by atoms with Crippen LogP contribution in [0, 0.1) is 5.92 Å². The second-order valence-electron chi connectivity index (χ2n) is 5.01. The summed E-state index contributed by atoms with van der Waals surface area (Å²) in [5.74, 6) is 1.34. The second kappa shape index (κ2) is 4.37. The van der Waals surface area contributed by atoms with Crippen LogP contribution >= 0.6 is 11.8 Å². The highest BCUT2D eigenvalue weighted by molar-refractivity contribution is 7.99. The van der Waals surface area contributed by atoms with Crippen molar-refractivity contribution in [1.82, 2.24) is 0 Å². The van der Waals surface area contributed by atoms with E-state index in [4.69, 9.17) is 5.11 Å². The van der Waals surface area contributed by atoms with E-state index >= 15 is 0 Å². The van der Waals surface area contributed by atoms with Crippen molar-refractivity contribution in [3.05, 3.63) is 29.3 Å². The Kier molecular flexibility index (Phi) is 2.87. The summed E-state index contributed by atoms with van der Waals surface area (Å²) in [5, 5.41) is 9.01. The van der Waals surface area contributed by atoms with Gasteiger partial charge in [-0.05, 0) is 48.3 Å². The Hall–Kier alpha value is -0.960. The molecule has 3 rings (SSSR count). The van der Waals surface area contributed by atoms with Crippen LogP contribution in [-0.2, 0) is 11.2 Å². The van der Waals surface area contributed by atoms with Crippen molar-refractivity contribution in [2.75, 3.05) is 5.75 Å². The molecule has 1 heterocycles. The van der Waals surface area contributed by atoms with Crippen LogP contribution in [0.2, 0.25) is 0 Å². The zero-order chi connectivity index (χ0) is 11.8. The average molecular weight is 248 g/mol. The van der Waals surface area contributed by atoms with Gasteiger partial charge in [-0.25, -0.2) is 0 Å². The Morgan fingerprint density at radius 3 is 3.00 bits per heavy atom.